The number of rotatable bonds is 6. The molecule has 0 aliphatic carbocycles. The van der Waals surface area contributed by atoms with Gasteiger partial charge in [-0.25, -0.2) is 0 Å². The molecule has 20 heavy (non-hydrogen) atoms. The summed E-state index contributed by atoms with van der Waals surface area (Å²) in [6, 6.07) is 9.64. The van der Waals surface area contributed by atoms with Gasteiger partial charge in [0.15, 0.2) is 0 Å². The average molecular weight is 276 g/mol. The lowest BCUT2D eigenvalue weighted by Gasteiger charge is -2.35. The van der Waals surface area contributed by atoms with Crippen molar-refractivity contribution in [2.75, 3.05) is 25.0 Å². The molecule has 1 heterocycles. The Morgan fingerprint density at radius 2 is 1.85 bits per heavy atom. The van der Waals surface area contributed by atoms with E-state index in [0.717, 1.165) is 18.8 Å². The first kappa shape index (κ1) is 15.2. The number of likely N-dealkylation sites (tertiary alicyclic amines) is 1. The van der Waals surface area contributed by atoms with E-state index in [1.807, 2.05) is 0 Å². The maximum absolute atomic E-state index is 5.61. The first-order chi connectivity index (χ1) is 9.69. The molecule has 0 radical (unpaired) electrons. The van der Waals surface area contributed by atoms with E-state index >= 15 is 0 Å². The number of ether oxygens (including phenoxy) is 1. The molecule has 0 aromatic heterocycles. The fourth-order valence-electron chi connectivity index (χ4n) is 2.66. The van der Waals surface area contributed by atoms with E-state index in [1.165, 1.54) is 31.6 Å². The van der Waals surface area contributed by atoms with E-state index in [0.29, 0.717) is 12.1 Å². The predicted octanol–water partition coefficient (Wildman–Crippen LogP) is 3.76. The van der Waals surface area contributed by atoms with Crippen LogP contribution in [0.25, 0.3) is 0 Å². The highest BCUT2D eigenvalue weighted by Crippen LogP contribution is 2.20. The molecule has 3 nitrogen and oxygen atoms in total. The lowest BCUT2D eigenvalue weighted by atomic mass is 10.0. The number of piperidine rings is 1. The summed E-state index contributed by atoms with van der Waals surface area (Å²) in [5, 5.41) is 3.64. The second-order valence-electron chi connectivity index (χ2n) is 5.92. The maximum atomic E-state index is 5.61. The molecule has 0 saturated carbocycles. The van der Waals surface area contributed by atoms with Gasteiger partial charge in [-0.05, 0) is 57.4 Å². The molecule has 1 aliphatic heterocycles. The highest BCUT2D eigenvalue weighted by molar-refractivity contribution is 5.47. The van der Waals surface area contributed by atoms with Gasteiger partial charge < -0.3 is 15.0 Å². The lowest BCUT2D eigenvalue weighted by molar-refractivity contribution is 0.177. The largest absolute Gasteiger partial charge is 0.494 e. The van der Waals surface area contributed by atoms with Crippen LogP contribution in [0.15, 0.2) is 24.3 Å². The molecule has 0 unspecified atom stereocenters. The van der Waals surface area contributed by atoms with E-state index in [4.69, 9.17) is 4.74 Å². The summed E-state index contributed by atoms with van der Waals surface area (Å²) in [6.07, 6.45) is 3.51. The summed E-state index contributed by atoms with van der Waals surface area (Å²) in [6.45, 7) is 9.88. The minimum atomic E-state index is 0.604. The molecule has 0 amide bonds. The molecule has 1 fully saturated rings. The summed E-state index contributed by atoms with van der Waals surface area (Å²) in [5.74, 6) is 0.965. The molecule has 1 aliphatic rings. The van der Waals surface area contributed by atoms with Crippen molar-refractivity contribution in [3.63, 3.8) is 0 Å². The Bertz CT molecular complexity index is 380. The van der Waals surface area contributed by atoms with E-state index in [-0.39, 0.29) is 0 Å². The lowest BCUT2D eigenvalue weighted by Crippen LogP contribution is -2.42. The summed E-state index contributed by atoms with van der Waals surface area (Å²) in [5.41, 5.74) is 1.21. The van der Waals surface area contributed by atoms with Crippen LogP contribution in [0.2, 0.25) is 0 Å². The number of nitrogens with zero attached hydrogens (tertiary/aromatic N) is 1. The van der Waals surface area contributed by atoms with E-state index in [1.54, 1.807) is 0 Å². The van der Waals surface area contributed by atoms with Crippen molar-refractivity contribution >= 4 is 5.69 Å². The zero-order valence-electron chi connectivity index (χ0n) is 13.1. The van der Waals surface area contributed by atoms with Crippen molar-refractivity contribution in [3.8, 4) is 5.75 Å². The Hall–Kier alpha value is -1.22. The zero-order chi connectivity index (χ0) is 14.4. The summed E-state index contributed by atoms with van der Waals surface area (Å²) < 4.78 is 5.61. The molecule has 1 saturated heterocycles. The third-order valence-corrected chi connectivity index (χ3v) is 3.96. The van der Waals surface area contributed by atoms with E-state index in [9.17, 15) is 0 Å². The summed E-state index contributed by atoms with van der Waals surface area (Å²) >= 11 is 0. The van der Waals surface area contributed by atoms with Crippen LogP contribution in [-0.4, -0.2) is 36.7 Å². The van der Waals surface area contributed by atoms with E-state index in [2.05, 4.69) is 55.3 Å². The molecule has 3 heteroatoms. The number of benzene rings is 1. The maximum Gasteiger partial charge on any atom is 0.119 e. The van der Waals surface area contributed by atoms with E-state index < -0.39 is 0 Å². The van der Waals surface area contributed by atoms with Gasteiger partial charge in [-0.2, -0.15) is 0 Å². The van der Waals surface area contributed by atoms with Crippen LogP contribution in [0.3, 0.4) is 0 Å². The van der Waals surface area contributed by atoms with Gasteiger partial charge in [0.2, 0.25) is 0 Å². The minimum absolute atomic E-state index is 0.604. The van der Waals surface area contributed by atoms with Crippen LogP contribution >= 0.6 is 0 Å². The highest BCUT2D eigenvalue weighted by atomic mass is 16.5. The Morgan fingerprint density at radius 1 is 1.20 bits per heavy atom. The van der Waals surface area contributed by atoms with Crippen LogP contribution in [0.1, 0.15) is 40.0 Å². The quantitative estimate of drug-likeness (QED) is 0.856. The predicted molar refractivity (Wildman–Crippen MR) is 85.6 cm³/mol. The molecule has 0 bridgehead atoms. The van der Waals surface area contributed by atoms with Gasteiger partial charge in [-0.3, -0.25) is 0 Å². The Morgan fingerprint density at radius 3 is 2.40 bits per heavy atom. The van der Waals surface area contributed by atoms with Gasteiger partial charge in [0.05, 0.1) is 6.61 Å². The number of nitrogens with one attached hydrogen (secondary N) is 1. The number of hydrogen-bond acceptors (Lipinski definition) is 3. The molecule has 1 N–H and O–H groups in total. The van der Waals surface area contributed by atoms with Crippen molar-refractivity contribution in [1.29, 1.82) is 0 Å². The molecular formula is C17H28N2O. The monoisotopic (exact) mass is 276 g/mol. The van der Waals surface area contributed by atoms with Crippen molar-refractivity contribution in [3.05, 3.63) is 24.3 Å². The van der Waals surface area contributed by atoms with Crippen molar-refractivity contribution < 1.29 is 4.74 Å². The molecular weight excluding hydrogens is 248 g/mol. The Balaban J connectivity index is 1.79. The third kappa shape index (κ3) is 4.41. The van der Waals surface area contributed by atoms with Crippen LogP contribution in [0, 0.1) is 0 Å². The smallest absolute Gasteiger partial charge is 0.119 e. The zero-order valence-corrected chi connectivity index (χ0v) is 13.1. The molecule has 0 spiro atoms. The standard InChI is InChI=1S/C17H28N2O/c1-4-13-20-17-7-5-15(6-8-17)18-16-9-11-19(12-10-16)14(2)3/h5-8,14,16,18H,4,9-13H2,1-3H3. The Kier molecular flexibility index (Phi) is 5.72. The van der Waals surface area contributed by atoms with Gasteiger partial charge in [-0.1, -0.05) is 6.92 Å². The van der Waals surface area contributed by atoms with Crippen LogP contribution in [0.4, 0.5) is 5.69 Å². The fourth-order valence-corrected chi connectivity index (χ4v) is 2.66. The SMILES string of the molecule is CCCOc1ccc(NC2CCN(C(C)C)CC2)cc1. The molecule has 1 aromatic carbocycles. The fraction of sp³-hybridized carbons (Fsp3) is 0.647. The van der Waals surface area contributed by atoms with Crippen LogP contribution in [0.5, 0.6) is 5.75 Å². The second kappa shape index (κ2) is 7.53. The molecule has 112 valence electrons. The molecule has 1 aromatic rings. The van der Waals surface area contributed by atoms with Gasteiger partial charge >= 0.3 is 0 Å². The normalized spacial score (nSPS) is 17.4. The van der Waals surface area contributed by atoms with Crippen LogP contribution in [-0.2, 0) is 0 Å². The minimum Gasteiger partial charge on any atom is -0.494 e. The van der Waals surface area contributed by atoms with Gasteiger partial charge in [0.25, 0.3) is 0 Å². The number of anilines is 1. The first-order valence-corrected chi connectivity index (χ1v) is 7.92. The van der Waals surface area contributed by atoms with Crippen molar-refractivity contribution in [2.24, 2.45) is 0 Å². The highest BCUT2D eigenvalue weighted by Gasteiger charge is 2.20. The Labute approximate surface area is 123 Å². The summed E-state index contributed by atoms with van der Waals surface area (Å²) in [4.78, 5) is 2.56. The topological polar surface area (TPSA) is 24.5 Å². The second-order valence-corrected chi connectivity index (χ2v) is 5.92. The van der Waals surface area contributed by atoms with Crippen LogP contribution < -0.4 is 10.1 Å². The summed E-state index contributed by atoms with van der Waals surface area (Å²) in [7, 11) is 0. The number of hydrogen-bond donors (Lipinski definition) is 1. The van der Waals surface area contributed by atoms with Crippen molar-refractivity contribution in [1.82, 2.24) is 4.90 Å². The van der Waals surface area contributed by atoms with Gasteiger partial charge in [0.1, 0.15) is 5.75 Å². The van der Waals surface area contributed by atoms with Gasteiger partial charge in [0, 0.05) is 30.9 Å². The van der Waals surface area contributed by atoms with Crippen molar-refractivity contribution in [2.45, 2.75) is 52.1 Å². The molecule has 2 rings (SSSR count). The average Bonchev–Trinajstić information content (AvgIpc) is 2.47. The third-order valence-electron chi connectivity index (χ3n) is 3.96. The molecule has 0 atom stereocenters. The van der Waals surface area contributed by atoms with Gasteiger partial charge in [-0.15, -0.1) is 0 Å². The first-order valence-electron chi connectivity index (χ1n) is 7.92.